The molecule has 1 heterocycles. The molecule has 0 radical (unpaired) electrons. The zero-order valence-electron chi connectivity index (χ0n) is 12.8. The Morgan fingerprint density at radius 1 is 1.43 bits per heavy atom. The minimum Gasteiger partial charge on any atom is -0.383 e. The quantitative estimate of drug-likeness (QED) is 0.502. The number of hydrogen-bond donors (Lipinski definition) is 3. The maximum atomic E-state index is 11.8. The molecule has 0 bridgehead atoms. The van der Waals surface area contributed by atoms with Crippen molar-refractivity contribution in [1.82, 2.24) is 15.3 Å². The summed E-state index contributed by atoms with van der Waals surface area (Å²) < 4.78 is 0. The van der Waals surface area contributed by atoms with Crippen molar-refractivity contribution in [1.29, 1.82) is 0 Å². The van der Waals surface area contributed by atoms with Crippen LogP contribution in [0, 0.1) is 5.92 Å². The van der Waals surface area contributed by atoms with Crippen LogP contribution in [0.2, 0.25) is 0 Å². The van der Waals surface area contributed by atoms with E-state index < -0.39 is 0 Å². The van der Waals surface area contributed by atoms with Crippen LogP contribution in [0.25, 0.3) is 0 Å². The van der Waals surface area contributed by atoms with E-state index in [2.05, 4.69) is 29.1 Å². The Morgan fingerprint density at radius 3 is 2.76 bits per heavy atom. The number of nitrogen functional groups attached to an aromatic ring is 1. The first kappa shape index (κ1) is 17.6. The summed E-state index contributed by atoms with van der Waals surface area (Å²) >= 11 is 1.17. The van der Waals surface area contributed by atoms with Gasteiger partial charge in [-0.3, -0.25) is 9.59 Å². The van der Waals surface area contributed by atoms with E-state index in [-0.39, 0.29) is 29.1 Å². The minimum atomic E-state index is -0.313. The van der Waals surface area contributed by atoms with Crippen molar-refractivity contribution in [3.05, 3.63) is 16.4 Å². The van der Waals surface area contributed by atoms with Crippen LogP contribution < -0.4 is 16.6 Å². The number of hydrogen-bond acceptors (Lipinski definition) is 5. The molecule has 0 saturated heterocycles. The zero-order chi connectivity index (χ0) is 15.8. The zero-order valence-corrected chi connectivity index (χ0v) is 13.6. The van der Waals surface area contributed by atoms with E-state index in [0.29, 0.717) is 11.1 Å². The first-order valence-corrected chi connectivity index (χ1v) is 8.14. The molecule has 0 spiro atoms. The van der Waals surface area contributed by atoms with Crippen LogP contribution in [0.3, 0.4) is 0 Å². The average Bonchev–Trinajstić information content (AvgIpc) is 2.34. The number of rotatable bonds is 8. The molecule has 118 valence electrons. The number of H-pyrrole nitrogens is 1. The van der Waals surface area contributed by atoms with Crippen molar-refractivity contribution in [3.8, 4) is 0 Å². The number of carbonyl (C=O) groups is 1. The topological polar surface area (TPSA) is 101 Å². The summed E-state index contributed by atoms with van der Waals surface area (Å²) in [5.74, 6) is 0.988. The van der Waals surface area contributed by atoms with Crippen LogP contribution >= 0.6 is 11.8 Å². The van der Waals surface area contributed by atoms with Crippen LogP contribution in [0.1, 0.15) is 40.0 Å². The molecule has 1 aromatic heterocycles. The fraction of sp³-hybridized carbons (Fsp3) is 0.643. The molecule has 1 rings (SSSR count). The van der Waals surface area contributed by atoms with E-state index in [4.69, 9.17) is 5.73 Å². The number of anilines is 1. The SMILES string of the molecule is CC(C)CCCC(C)NC(=O)CSc1nc(N)cc(=O)[nH]1. The third-order valence-corrected chi connectivity index (χ3v) is 3.78. The van der Waals surface area contributed by atoms with E-state index in [1.54, 1.807) is 0 Å². The summed E-state index contributed by atoms with van der Waals surface area (Å²) in [6.07, 6.45) is 3.25. The van der Waals surface area contributed by atoms with Gasteiger partial charge in [-0.25, -0.2) is 4.98 Å². The highest BCUT2D eigenvalue weighted by atomic mass is 32.2. The lowest BCUT2D eigenvalue weighted by atomic mass is 10.0. The molecule has 0 aliphatic rings. The predicted octanol–water partition coefficient (Wildman–Crippen LogP) is 1.78. The monoisotopic (exact) mass is 312 g/mol. The van der Waals surface area contributed by atoms with Gasteiger partial charge in [0, 0.05) is 12.1 Å². The van der Waals surface area contributed by atoms with Gasteiger partial charge >= 0.3 is 0 Å². The second-order valence-corrected chi connectivity index (χ2v) is 6.52. The second-order valence-electron chi connectivity index (χ2n) is 5.56. The number of carbonyl (C=O) groups excluding carboxylic acids is 1. The van der Waals surface area contributed by atoms with Gasteiger partial charge < -0.3 is 16.0 Å². The summed E-state index contributed by atoms with van der Waals surface area (Å²) in [7, 11) is 0. The van der Waals surface area contributed by atoms with Crippen molar-refractivity contribution >= 4 is 23.5 Å². The van der Waals surface area contributed by atoms with Gasteiger partial charge in [0.15, 0.2) is 5.16 Å². The Bertz CT molecular complexity index is 516. The Morgan fingerprint density at radius 2 is 2.14 bits per heavy atom. The number of aromatic nitrogens is 2. The first-order chi connectivity index (χ1) is 9.86. The Kier molecular flexibility index (Phi) is 7.28. The lowest BCUT2D eigenvalue weighted by Crippen LogP contribution is -2.33. The maximum absolute atomic E-state index is 11.8. The van der Waals surface area contributed by atoms with E-state index in [1.807, 2.05) is 6.92 Å². The Balaban J connectivity index is 2.31. The van der Waals surface area contributed by atoms with Gasteiger partial charge in [-0.05, 0) is 19.3 Å². The fourth-order valence-electron chi connectivity index (χ4n) is 1.88. The molecule has 21 heavy (non-hydrogen) atoms. The first-order valence-electron chi connectivity index (χ1n) is 7.16. The van der Waals surface area contributed by atoms with Gasteiger partial charge in [-0.2, -0.15) is 0 Å². The van der Waals surface area contributed by atoms with E-state index in [1.165, 1.54) is 24.2 Å². The number of nitrogens with one attached hydrogen (secondary N) is 2. The second kappa shape index (κ2) is 8.71. The average molecular weight is 312 g/mol. The highest BCUT2D eigenvalue weighted by Crippen LogP contribution is 2.12. The molecule has 0 saturated carbocycles. The molecule has 0 fully saturated rings. The standard InChI is InChI=1S/C14H24N4O2S/c1-9(2)5-4-6-10(3)16-13(20)8-21-14-17-11(15)7-12(19)18-14/h7,9-10H,4-6,8H2,1-3H3,(H,16,20)(H3,15,17,18,19). The third-order valence-electron chi connectivity index (χ3n) is 2.91. The number of nitrogens with zero attached hydrogens (tertiary/aromatic N) is 1. The normalized spacial score (nSPS) is 12.4. The third kappa shape index (κ3) is 7.75. The van der Waals surface area contributed by atoms with Gasteiger partial charge in [0.1, 0.15) is 5.82 Å². The summed E-state index contributed by atoms with van der Waals surface area (Å²) in [6.45, 7) is 6.39. The highest BCUT2D eigenvalue weighted by Gasteiger charge is 2.09. The fourth-order valence-corrected chi connectivity index (χ4v) is 2.57. The minimum absolute atomic E-state index is 0.0675. The highest BCUT2D eigenvalue weighted by molar-refractivity contribution is 7.99. The molecular formula is C14H24N4O2S. The molecule has 0 aromatic carbocycles. The number of amides is 1. The molecule has 1 aromatic rings. The lowest BCUT2D eigenvalue weighted by Gasteiger charge is -2.14. The summed E-state index contributed by atoms with van der Waals surface area (Å²) in [5.41, 5.74) is 5.17. The van der Waals surface area contributed by atoms with Crippen molar-refractivity contribution in [2.24, 2.45) is 5.92 Å². The van der Waals surface area contributed by atoms with Crippen LogP contribution in [0.4, 0.5) is 5.82 Å². The van der Waals surface area contributed by atoms with Gasteiger partial charge in [-0.1, -0.05) is 38.5 Å². The molecular weight excluding hydrogens is 288 g/mol. The van der Waals surface area contributed by atoms with Crippen LogP contribution in [0.15, 0.2) is 16.0 Å². The van der Waals surface area contributed by atoms with Crippen molar-refractivity contribution in [2.75, 3.05) is 11.5 Å². The van der Waals surface area contributed by atoms with Crippen LogP contribution in [-0.4, -0.2) is 27.7 Å². The van der Waals surface area contributed by atoms with E-state index in [9.17, 15) is 9.59 Å². The molecule has 0 aliphatic carbocycles. The Labute approximate surface area is 129 Å². The molecule has 1 atom stereocenters. The maximum Gasteiger partial charge on any atom is 0.253 e. The van der Waals surface area contributed by atoms with Crippen LogP contribution in [-0.2, 0) is 4.79 Å². The summed E-state index contributed by atoms with van der Waals surface area (Å²) in [6, 6.07) is 1.37. The van der Waals surface area contributed by atoms with Gasteiger partial charge in [0.05, 0.1) is 5.75 Å². The Hall–Kier alpha value is -1.50. The van der Waals surface area contributed by atoms with Gasteiger partial charge in [0.2, 0.25) is 5.91 Å². The smallest absolute Gasteiger partial charge is 0.253 e. The molecule has 0 aliphatic heterocycles. The number of aromatic amines is 1. The van der Waals surface area contributed by atoms with E-state index in [0.717, 1.165) is 12.8 Å². The largest absolute Gasteiger partial charge is 0.383 e. The molecule has 1 unspecified atom stereocenters. The lowest BCUT2D eigenvalue weighted by molar-refractivity contribution is -0.119. The molecule has 1 amide bonds. The molecule has 4 N–H and O–H groups in total. The van der Waals surface area contributed by atoms with Crippen LogP contribution in [0.5, 0.6) is 0 Å². The predicted molar refractivity (Wildman–Crippen MR) is 86.3 cm³/mol. The van der Waals surface area contributed by atoms with Crippen molar-refractivity contribution in [3.63, 3.8) is 0 Å². The number of thioether (sulfide) groups is 1. The van der Waals surface area contributed by atoms with Gasteiger partial charge in [-0.15, -0.1) is 0 Å². The molecule has 7 heteroatoms. The summed E-state index contributed by atoms with van der Waals surface area (Å²) in [4.78, 5) is 29.5. The molecule has 6 nitrogen and oxygen atoms in total. The van der Waals surface area contributed by atoms with E-state index >= 15 is 0 Å². The van der Waals surface area contributed by atoms with Crippen molar-refractivity contribution in [2.45, 2.75) is 51.2 Å². The number of nitrogens with two attached hydrogens (primary N) is 1. The summed E-state index contributed by atoms with van der Waals surface area (Å²) in [5, 5.41) is 3.31. The van der Waals surface area contributed by atoms with Crippen molar-refractivity contribution < 1.29 is 4.79 Å². The van der Waals surface area contributed by atoms with Gasteiger partial charge in [0.25, 0.3) is 5.56 Å².